The van der Waals surface area contributed by atoms with Gasteiger partial charge >= 0.3 is 0 Å². The van der Waals surface area contributed by atoms with Gasteiger partial charge in [-0.1, -0.05) is 73.5 Å². The summed E-state index contributed by atoms with van der Waals surface area (Å²) >= 11 is 1.55. The Balaban J connectivity index is 1.37. The quantitative estimate of drug-likeness (QED) is 0.629. The molecule has 2 aromatic carbocycles. The molecule has 2 aliphatic rings. The van der Waals surface area contributed by atoms with Crippen LogP contribution in [0.5, 0.6) is 0 Å². The van der Waals surface area contributed by atoms with Crippen LogP contribution < -0.4 is 0 Å². The Bertz CT molecular complexity index is 1040. The van der Waals surface area contributed by atoms with E-state index in [2.05, 4.69) is 17.1 Å². The summed E-state index contributed by atoms with van der Waals surface area (Å²) in [6.07, 6.45) is 5.44. The van der Waals surface area contributed by atoms with Crippen molar-refractivity contribution in [2.45, 2.75) is 50.2 Å². The fourth-order valence-electron chi connectivity index (χ4n) is 5.43. The van der Waals surface area contributed by atoms with Gasteiger partial charge in [0.25, 0.3) is 5.91 Å². The van der Waals surface area contributed by atoms with Crippen LogP contribution in [-0.2, 0) is 12.0 Å². The van der Waals surface area contributed by atoms with Crippen LogP contribution in [0.15, 0.2) is 66.0 Å². The predicted octanol–water partition coefficient (Wildman–Crippen LogP) is 5.03. The van der Waals surface area contributed by atoms with E-state index in [0.29, 0.717) is 18.7 Å². The molecule has 1 amide bonds. The normalized spacial score (nSPS) is 25.8. The molecule has 2 fully saturated rings. The second kappa shape index (κ2) is 8.56. The lowest BCUT2D eigenvalue weighted by Gasteiger charge is -2.52. The molecule has 160 valence electrons. The fourth-order valence-corrected chi connectivity index (χ4v) is 6.23. The Labute approximate surface area is 187 Å². The molecule has 5 rings (SSSR count). The summed E-state index contributed by atoms with van der Waals surface area (Å²) in [6, 6.07) is 20.3. The average Bonchev–Trinajstić information content (AvgIpc) is 3.29. The lowest BCUT2D eigenvalue weighted by molar-refractivity contribution is -0.110. The van der Waals surface area contributed by atoms with Crippen molar-refractivity contribution in [2.75, 3.05) is 6.54 Å². The van der Waals surface area contributed by atoms with Crippen molar-refractivity contribution in [2.24, 2.45) is 5.92 Å². The van der Waals surface area contributed by atoms with Gasteiger partial charge < -0.3 is 10.0 Å². The van der Waals surface area contributed by atoms with Crippen molar-refractivity contribution < 1.29 is 9.90 Å². The highest BCUT2D eigenvalue weighted by Crippen LogP contribution is 2.47. The third-order valence-corrected chi connectivity index (χ3v) is 7.83. The van der Waals surface area contributed by atoms with Gasteiger partial charge in [0, 0.05) is 30.3 Å². The Morgan fingerprint density at radius 3 is 2.55 bits per heavy atom. The average molecular weight is 433 g/mol. The van der Waals surface area contributed by atoms with E-state index in [1.807, 2.05) is 58.8 Å². The Kier molecular flexibility index (Phi) is 5.63. The third-order valence-electron chi connectivity index (χ3n) is 6.98. The Morgan fingerprint density at radius 1 is 1.06 bits per heavy atom. The minimum atomic E-state index is -0.857. The number of rotatable bonds is 4. The number of likely N-dealkylation sites (tertiary alicyclic amines) is 1. The van der Waals surface area contributed by atoms with Crippen molar-refractivity contribution >= 4 is 17.2 Å². The topological polar surface area (TPSA) is 53.4 Å². The summed E-state index contributed by atoms with van der Waals surface area (Å²) in [5.41, 5.74) is 1.88. The van der Waals surface area contributed by atoms with Crippen molar-refractivity contribution in [3.05, 3.63) is 87.9 Å². The van der Waals surface area contributed by atoms with Crippen molar-refractivity contribution in [3.8, 4) is 0 Å². The molecule has 5 heteroatoms. The summed E-state index contributed by atoms with van der Waals surface area (Å²) in [5.74, 6) is 0.0892. The number of thiazole rings is 1. The van der Waals surface area contributed by atoms with Crippen LogP contribution >= 0.6 is 11.3 Å². The second-order valence-electron chi connectivity index (χ2n) is 8.79. The summed E-state index contributed by atoms with van der Waals surface area (Å²) in [6.45, 7) is 0.566. The second-order valence-corrected chi connectivity index (χ2v) is 9.73. The maximum atomic E-state index is 13.5. The van der Waals surface area contributed by atoms with Crippen LogP contribution in [0.25, 0.3) is 0 Å². The van der Waals surface area contributed by atoms with E-state index in [1.54, 1.807) is 11.3 Å². The van der Waals surface area contributed by atoms with E-state index in [-0.39, 0.29) is 17.9 Å². The molecule has 1 saturated heterocycles. The van der Waals surface area contributed by atoms with Crippen LogP contribution in [0, 0.1) is 5.92 Å². The molecule has 1 N–H and O–H groups in total. The van der Waals surface area contributed by atoms with Gasteiger partial charge in [0.2, 0.25) is 0 Å². The SMILES string of the molecule is O=C(c1csc(Cc2ccccc2)n1)N1CCC(O)(c2ccccc2)C2CCCCC21. The first-order valence-electron chi connectivity index (χ1n) is 11.2. The van der Waals surface area contributed by atoms with Crippen LogP contribution in [0.1, 0.15) is 58.7 Å². The number of benzene rings is 2. The van der Waals surface area contributed by atoms with Gasteiger partial charge in [-0.25, -0.2) is 4.98 Å². The number of hydrogen-bond acceptors (Lipinski definition) is 4. The number of carbonyl (C=O) groups excluding carboxylic acids is 1. The minimum absolute atomic E-state index is 0.0163. The number of aromatic nitrogens is 1. The van der Waals surface area contributed by atoms with Crippen molar-refractivity contribution in [1.82, 2.24) is 9.88 Å². The summed E-state index contributed by atoms with van der Waals surface area (Å²) in [7, 11) is 0. The minimum Gasteiger partial charge on any atom is -0.385 e. The van der Waals surface area contributed by atoms with Gasteiger partial charge in [-0.05, 0) is 30.4 Å². The van der Waals surface area contributed by atoms with Crippen LogP contribution in [0.4, 0.5) is 0 Å². The molecule has 0 spiro atoms. The van der Waals surface area contributed by atoms with E-state index in [0.717, 1.165) is 42.7 Å². The predicted molar refractivity (Wildman–Crippen MR) is 123 cm³/mol. The number of fused-ring (bicyclic) bond motifs is 1. The molecule has 3 atom stereocenters. The number of hydrogen-bond donors (Lipinski definition) is 1. The van der Waals surface area contributed by atoms with Gasteiger partial charge in [0.05, 0.1) is 10.6 Å². The first-order valence-corrected chi connectivity index (χ1v) is 12.1. The maximum absolute atomic E-state index is 13.5. The fraction of sp³-hybridized carbons (Fsp3) is 0.385. The van der Waals surface area contributed by atoms with Crippen molar-refractivity contribution in [3.63, 3.8) is 0 Å². The molecule has 1 saturated carbocycles. The van der Waals surface area contributed by atoms with Gasteiger partial charge in [0.1, 0.15) is 5.69 Å². The molecule has 31 heavy (non-hydrogen) atoms. The monoisotopic (exact) mass is 432 g/mol. The highest BCUT2D eigenvalue weighted by molar-refractivity contribution is 7.09. The summed E-state index contributed by atoms with van der Waals surface area (Å²) in [4.78, 5) is 20.1. The zero-order valence-electron chi connectivity index (χ0n) is 17.6. The smallest absolute Gasteiger partial charge is 0.273 e. The van der Waals surface area contributed by atoms with Crippen LogP contribution in [0.3, 0.4) is 0 Å². The highest BCUT2D eigenvalue weighted by atomic mass is 32.1. The van der Waals surface area contributed by atoms with Gasteiger partial charge in [0.15, 0.2) is 0 Å². The first-order chi connectivity index (χ1) is 15.1. The van der Waals surface area contributed by atoms with E-state index < -0.39 is 5.60 Å². The number of carbonyl (C=O) groups is 1. The highest BCUT2D eigenvalue weighted by Gasteiger charge is 2.50. The zero-order chi connectivity index (χ0) is 21.3. The lowest BCUT2D eigenvalue weighted by atomic mass is 9.66. The number of piperidine rings is 1. The molecule has 3 aromatic rings. The molecule has 0 bridgehead atoms. The first kappa shape index (κ1) is 20.4. The molecule has 4 nitrogen and oxygen atoms in total. The molecule has 1 aliphatic heterocycles. The molecule has 1 aliphatic carbocycles. The van der Waals surface area contributed by atoms with E-state index in [1.165, 1.54) is 5.56 Å². The standard InChI is InChI=1S/C26H28N2O2S/c29-25(22-18-31-24(27-22)17-19-9-3-1-4-10-19)28-16-15-26(30,20-11-5-2-6-12-20)21-13-7-8-14-23(21)28/h1-6,9-12,18,21,23,30H,7-8,13-17H2. The Morgan fingerprint density at radius 2 is 1.77 bits per heavy atom. The molecular weight excluding hydrogens is 404 g/mol. The zero-order valence-corrected chi connectivity index (χ0v) is 18.4. The lowest BCUT2D eigenvalue weighted by Crippen LogP contribution is -2.59. The molecular formula is C26H28N2O2S. The number of nitrogens with zero attached hydrogens (tertiary/aromatic N) is 2. The number of aliphatic hydroxyl groups is 1. The largest absolute Gasteiger partial charge is 0.385 e. The van der Waals surface area contributed by atoms with Gasteiger partial charge in [-0.2, -0.15) is 0 Å². The van der Waals surface area contributed by atoms with Gasteiger partial charge in [-0.3, -0.25) is 4.79 Å². The van der Waals surface area contributed by atoms with Gasteiger partial charge in [-0.15, -0.1) is 11.3 Å². The van der Waals surface area contributed by atoms with E-state index in [9.17, 15) is 9.90 Å². The molecule has 3 unspecified atom stereocenters. The third kappa shape index (κ3) is 3.92. The Hall–Kier alpha value is -2.50. The van der Waals surface area contributed by atoms with Crippen molar-refractivity contribution in [1.29, 1.82) is 0 Å². The summed E-state index contributed by atoms with van der Waals surface area (Å²) < 4.78 is 0. The molecule has 1 aromatic heterocycles. The summed E-state index contributed by atoms with van der Waals surface area (Å²) in [5, 5.41) is 14.6. The van der Waals surface area contributed by atoms with E-state index >= 15 is 0 Å². The van der Waals surface area contributed by atoms with E-state index in [4.69, 9.17) is 0 Å². The number of amides is 1. The van der Waals surface area contributed by atoms with Crippen LogP contribution in [0.2, 0.25) is 0 Å². The molecule has 2 heterocycles. The van der Waals surface area contributed by atoms with Crippen LogP contribution in [-0.4, -0.2) is 33.5 Å². The molecule has 0 radical (unpaired) electrons. The maximum Gasteiger partial charge on any atom is 0.273 e.